The summed E-state index contributed by atoms with van der Waals surface area (Å²) in [5.41, 5.74) is 5.94. The zero-order valence-electron chi connectivity index (χ0n) is 18.9. The fourth-order valence-corrected chi connectivity index (χ4v) is 4.98. The van der Waals surface area contributed by atoms with Crippen molar-refractivity contribution in [3.63, 3.8) is 0 Å². The number of aromatic carboxylic acids is 1. The molecule has 174 valence electrons. The average Bonchev–Trinajstić information content (AvgIpc) is 3.24. The van der Waals surface area contributed by atoms with Gasteiger partial charge in [-0.2, -0.15) is 4.91 Å². The highest BCUT2D eigenvalue weighted by molar-refractivity contribution is 5.96. The number of allylic oxidation sites excluding steroid dienone is 1. The average molecular weight is 459 g/mol. The first-order valence-electron chi connectivity index (χ1n) is 11.5. The van der Waals surface area contributed by atoms with Crippen molar-refractivity contribution in [2.24, 2.45) is 5.18 Å². The van der Waals surface area contributed by atoms with Gasteiger partial charge in [-0.15, -0.1) is 0 Å². The molecule has 2 aromatic carbocycles. The number of imidazole rings is 1. The van der Waals surface area contributed by atoms with Crippen molar-refractivity contribution in [1.29, 1.82) is 0 Å². The third-order valence-electron chi connectivity index (χ3n) is 6.61. The predicted octanol–water partition coefficient (Wildman–Crippen LogP) is 4.85. The van der Waals surface area contributed by atoms with Crippen LogP contribution in [0, 0.1) is 4.91 Å². The number of nitroso groups, excluding NO2 is 1. The first kappa shape index (κ1) is 22.0. The van der Waals surface area contributed by atoms with Crippen molar-refractivity contribution < 1.29 is 15.0 Å². The van der Waals surface area contributed by atoms with E-state index in [2.05, 4.69) is 41.0 Å². The minimum absolute atomic E-state index is 0.141. The Bertz CT molecular complexity index is 1450. The smallest absolute Gasteiger partial charge is 0.335 e. The molecule has 2 aromatic heterocycles. The van der Waals surface area contributed by atoms with Crippen LogP contribution in [0.2, 0.25) is 0 Å². The van der Waals surface area contributed by atoms with Crippen molar-refractivity contribution in [2.45, 2.75) is 45.3 Å². The number of aromatic nitrogens is 3. The lowest BCUT2D eigenvalue weighted by atomic mass is 10.1. The molecule has 4 aromatic rings. The summed E-state index contributed by atoms with van der Waals surface area (Å²) in [6, 6.07) is 10.1. The van der Waals surface area contributed by atoms with Gasteiger partial charge in [-0.25, -0.2) is 9.78 Å². The molecule has 1 unspecified atom stereocenters. The molecule has 5 rings (SSSR count). The number of fused-ring (bicyclic) bond motifs is 4. The molecule has 1 aliphatic rings. The Morgan fingerprint density at radius 2 is 2.00 bits per heavy atom. The second kappa shape index (κ2) is 8.87. The standard InChI is InChI=1S/C26H26N4O4/c1-2-29-22-7-5-3-4-6-19(22)20-12-16(8-10-23(20)29)25-27-21-13-17(26(32)33)9-11-24(21)30(25)14-18(15-31)28-34/h4,6,8-13,18,31H,2-3,5,7,14-15H2,1H3,(H,32,33). The van der Waals surface area contributed by atoms with Crippen LogP contribution in [0.1, 0.15) is 41.4 Å². The Morgan fingerprint density at radius 3 is 2.74 bits per heavy atom. The SMILES string of the molecule is CCn1c2c(c3cc(-c4nc5cc(C(=O)O)ccc5n4CC(CO)N=O)ccc31)C=CCCC2. The predicted molar refractivity (Wildman–Crippen MR) is 132 cm³/mol. The summed E-state index contributed by atoms with van der Waals surface area (Å²) in [6.45, 7) is 2.80. The van der Waals surface area contributed by atoms with Crippen LogP contribution in [0.4, 0.5) is 0 Å². The van der Waals surface area contributed by atoms with Crippen molar-refractivity contribution >= 4 is 34.0 Å². The minimum atomic E-state index is -1.03. The summed E-state index contributed by atoms with van der Waals surface area (Å²) in [5.74, 6) is -0.422. The molecule has 0 aliphatic heterocycles. The number of carbonyl (C=O) groups is 1. The normalized spacial score (nSPS) is 14.3. The van der Waals surface area contributed by atoms with Crippen molar-refractivity contribution in [1.82, 2.24) is 14.1 Å². The van der Waals surface area contributed by atoms with E-state index in [1.54, 1.807) is 6.07 Å². The van der Waals surface area contributed by atoms with Gasteiger partial charge in [0.2, 0.25) is 0 Å². The number of carboxylic acid groups (broad SMARTS) is 1. The molecule has 0 saturated heterocycles. The molecule has 8 heteroatoms. The van der Waals surface area contributed by atoms with E-state index < -0.39 is 12.0 Å². The molecule has 0 bridgehead atoms. The number of hydrogen-bond donors (Lipinski definition) is 2. The van der Waals surface area contributed by atoms with Crippen LogP contribution in [0.5, 0.6) is 0 Å². The van der Waals surface area contributed by atoms with E-state index in [4.69, 9.17) is 4.98 Å². The summed E-state index contributed by atoms with van der Waals surface area (Å²) in [5, 5.41) is 23.2. The van der Waals surface area contributed by atoms with E-state index in [-0.39, 0.29) is 18.7 Å². The van der Waals surface area contributed by atoms with Gasteiger partial charge in [0.25, 0.3) is 0 Å². The van der Waals surface area contributed by atoms with E-state index in [0.29, 0.717) is 16.9 Å². The van der Waals surface area contributed by atoms with Gasteiger partial charge in [-0.3, -0.25) is 0 Å². The van der Waals surface area contributed by atoms with Crippen molar-refractivity contribution in [2.75, 3.05) is 6.61 Å². The molecule has 0 fully saturated rings. The first-order valence-corrected chi connectivity index (χ1v) is 11.5. The fraction of sp³-hybridized carbons (Fsp3) is 0.308. The zero-order valence-corrected chi connectivity index (χ0v) is 18.9. The van der Waals surface area contributed by atoms with Crippen LogP contribution in [-0.4, -0.2) is 42.9 Å². The number of aryl methyl sites for hydroxylation is 1. The Kier molecular flexibility index (Phi) is 5.75. The molecule has 1 aliphatic carbocycles. The van der Waals surface area contributed by atoms with Gasteiger partial charge < -0.3 is 19.3 Å². The highest BCUT2D eigenvalue weighted by atomic mass is 16.4. The lowest BCUT2D eigenvalue weighted by molar-refractivity contribution is 0.0697. The van der Waals surface area contributed by atoms with Crippen LogP contribution in [0.15, 0.2) is 47.7 Å². The van der Waals surface area contributed by atoms with Gasteiger partial charge in [-0.1, -0.05) is 17.3 Å². The number of hydrogen-bond acceptors (Lipinski definition) is 5. The molecular formula is C26H26N4O4. The van der Waals surface area contributed by atoms with E-state index in [9.17, 15) is 19.9 Å². The van der Waals surface area contributed by atoms with Gasteiger partial charge in [0, 0.05) is 34.3 Å². The molecule has 34 heavy (non-hydrogen) atoms. The number of carboxylic acids is 1. The highest BCUT2D eigenvalue weighted by Crippen LogP contribution is 2.35. The van der Waals surface area contributed by atoms with Gasteiger partial charge in [-0.05, 0) is 62.6 Å². The second-order valence-corrected chi connectivity index (χ2v) is 8.63. The second-order valence-electron chi connectivity index (χ2n) is 8.63. The van der Waals surface area contributed by atoms with E-state index in [1.165, 1.54) is 28.9 Å². The third kappa shape index (κ3) is 3.60. The van der Waals surface area contributed by atoms with E-state index in [1.807, 2.05) is 10.6 Å². The topological polar surface area (TPSA) is 110 Å². The summed E-state index contributed by atoms with van der Waals surface area (Å²) in [7, 11) is 0. The van der Waals surface area contributed by atoms with Crippen LogP contribution >= 0.6 is 0 Å². The number of benzene rings is 2. The number of aliphatic hydroxyl groups excluding tert-OH is 1. The molecule has 2 N–H and O–H groups in total. The van der Waals surface area contributed by atoms with E-state index in [0.717, 1.165) is 36.8 Å². The Balaban J connectivity index is 1.74. The number of nitrogens with zero attached hydrogens (tertiary/aromatic N) is 4. The molecule has 0 amide bonds. The lowest BCUT2D eigenvalue weighted by Crippen LogP contribution is -2.18. The summed E-state index contributed by atoms with van der Waals surface area (Å²) < 4.78 is 4.21. The zero-order chi connectivity index (χ0) is 23.8. The molecular weight excluding hydrogens is 432 g/mol. The summed E-state index contributed by atoms with van der Waals surface area (Å²) in [4.78, 5) is 27.5. The summed E-state index contributed by atoms with van der Waals surface area (Å²) in [6.07, 6.45) is 7.64. The van der Waals surface area contributed by atoms with Gasteiger partial charge in [0.05, 0.1) is 29.7 Å². The van der Waals surface area contributed by atoms with Gasteiger partial charge in [0.1, 0.15) is 11.9 Å². The van der Waals surface area contributed by atoms with Crippen molar-refractivity contribution in [3.05, 3.63) is 64.2 Å². The summed E-state index contributed by atoms with van der Waals surface area (Å²) >= 11 is 0. The van der Waals surface area contributed by atoms with E-state index >= 15 is 0 Å². The van der Waals surface area contributed by atoms with Crippen molar-refractivity contribution in [3.8, 4) is 11.4 Å². The molecule has 0 radical (unpaired) electrons. The maximum Gasteiger partial charge on any atom is 0.335 e. The van der Waals surface area contributed by atoms with Crippen LogP contribution in [0.3, 0.4) is 0 Å². The fourth-order valence-electron chi connectivity index (χ4n) is 4.98. The van der Waals surface area contributed by atoms with Crippen LogP contribution < -0.4 is 0 Å². The molecule has 0 saturated carbocycles. The Hall–Kier alpha value is -3.78. The molecule has 8 nitrogen and oxygen atoms in total. The molecule has 2 heterocycles. The molecule has 1 atom stereocenters. The lowest BCUT2D eigenvalue weighted by Gasteiger charge is -2.12. The van der Waals surface area contributed by atoms with Gasteiger partial charge >= 0.3 is 5.97 Å². The Morgan fingerprint density at radius 1 is 1.18 bits per heavy atom. The van der Waals surface area contributed by atoms with Gasteiger partial charge in [0.15, 0.2) is 0 Å². The van der Waals surface area contributed by atoms with Crippen LogP contribution in [0.25, 0.3) is 39.4 Å². The third-order valence-corrected chi connectivity index (χ3v) is 6.61. The Labute approximate surface area is 196 Å². The maximum atomic E-state index is 11.5. The monoisotopic (exact) mass is 458 g/mol. The van der Waals surface area contributed by atoms with Crippen LogP contribution in [-0.2, 0) is 19.5 Å². The largest absolute Gasteiger partial charge is 0.478 e. The highest BCUT2D eigenvalue weighted by Gasteiger charge is 2.21. The quantitative estimate of drug-likeness (QED) is 0.385. The molecule has 0 spiro atoms. The number of rotatable bonds is 7. The first-order chi connectivity index (χ1) is 16.5. The number of aliphatic hydroxyl groups is 1. The minimum Gasteiger partial charge on any atom is -0.478 e. The maximum absolute atomic E-state index is 11.5.